The first-order valence-electron chi connectivity index (χ1n) is 4.21. The first-order chi connectivity index (χ1) is 6.10. The third-order valence-corrected chi connectivity index (χ3v) is 2.39. The van der Waals surface area contributed by atoms with Crippen LogP contribution in [0.5, 0.6) is 0 Å². The lowest BCUT2D eigenvalue weighted by Gasteiger charge is -2.23. The van der Waals surface area contributed by atoms with Crippen LogP contribution in [-0.4, -0.2) is 47.2 Å². The lowest BCUT2D eigenvalue weighted by molar-refractivity contribution is -0.151. The maximum atomic E-state index is 10.9. The first-order valence-corrected chi connectivity index (χ1v) is 4.21. The summed E-state index contributed by atoms with van der Waals surface area (Å²) in [6, 6.07) is 0. The standard InChI is InChI=1S/C8H14O5/c9-4-6(10)3-8(7(11)12)1-2-13-5-8/h6,9-10H,1-5H2,(H,11,12). The first kappa shape index (κ1) is 10.4. The molecule has 0 aromatic heterocycles. The monoisotopic (exact) mass is 190 g/mol. The van der Waals surface area contributed by atoms with E-state index in [0.717, 1.165) is 0 Å². The van der Waals surface area contributed by atoms with Crippen LogP contribution in [0.2, 0.25) is 0 Å². The number of hydrogen-bond acceptors (Lipinski definition) is 4. The molecule has 1 fully saturated rings. The average molecular weight is 190 g/mol. The van der Waals surface area contributed by atoms with E-state index in [1.165, 1.54) is 0 Å². The molecule has 13 heavy (non-hydrogen) atoms. The number of aliphatic hydroxyl groups is 2. The Morgan fingerprint density at radius 1 is 1.62 bits per heavy atom. The largest absolute Gasteiger partial charge is 0.481 e. The summed E-state index contributed by atoms with van der Waals surface area (Å²) in [7, 11) is 0. The molecule has 0 amide bonds. The maximum Gasteiger partial charge on any atom is 0.312 e. The molecular weight excluding hydrogens is 176 g/mol. The van der Waals surface area contributed by atoms with Gasteiger partial charge >= 0.3 is 5.97 Å². The minimum Gasteiger partial charge on any atom is -0.481 e. The Kier molecular flexibility index (Phi) is 3.24. The van der Waals surface area contributed by atoms with Crippen molar-refractivity contribution in [2.24, 2.45) is 5.41 Å². The van der Waals surface area contributed by atoms with Crippen LogP contribution in [0.15, 0.2) is 0 Å². The summed E-state index contributed by atoms with van der Waals surface area (Å²) in [5.74, 6) is -0.961. The van der Waals surface area contributed by atoms with Gasteiger partial charge in [0.1, 0.15) is 0 Å². The highest BCUT2D eigenvalue weighted by Crippen LogP contribution is 2.33. The number of aliphatic hydroxyl groups excluding tert-OH is 2. The van der Waals surface area contributed by atoms with Gasteiger partial charge in [-0.2, -0.15) is 0 Å². The minimum atomic E-state index is -0.998. The molecule has 2 unspecified atom stereocenters. The summed E-state index contributed by atoms with van der Waals surface area (Å²) in [4.78, 5) is 10.9. The number of carboxylic acid groups (broad SMARTS) is 1. The van der Waals surface area contributed by atoms with Crippen molar-refractivity contribution in [3.63, 3.8) is 0 Å². The Hall–Kier alpha value is -0.650. The SMILES string of the molecule is O=C(O)C1(CC(O)CO)CCOC1. The fourth-order valence-electron chi connectivity index (χ4n) is 1.54. The van der Waals surface area contributed by atoms with Crippen molar-refractivity contribution >= 4 is 5.97 Å². The van der Waals surface area contributed by atoms with E-state index in [-0.39, 0.29) is 13.0 Å². The van der Waals surface area contributed by atoms with Crippen molar-refractivity contribution < 1.29 is 24.9 Å². The number of rotatable bonds is 4. The predicted octanol–water partition coefficient (Wildman–Crippen LogP) is -0.779. The molecular formula is C8H14O5. The Bertz CT molecular complexity index is 185. The minimum absolute atomic E-state index is 0.0544. The van der Waals surface area contributed by atoms with E-state index in [9.17, 15) is 4.79 Å². The van der Waals surface area contributed by atoms with Gasteiger partial charge in [-0.05, 0) is 12.8 Å². The van der Waals surface area contributed by atoms with Gasteiger partial charge in [-0.3, -0.25) is 4.79 Å². The Labute approximate surface area is 75.9 Å². The molecule has 1 saturated heterocycles. The average Bonchev–Trinajstić information content (AvgIpc) is 2.54. The molecule has 0 radical (unpaired) electrons. The molecule has 2 atom stereocenters. The fourth-order valence-corrected chi connectivity index (χ4v) is 1.54. The summed E-state index contributed by atoms with van der Waals surface area (Å²) in [5, 5.41) is 26.7. The van der Waals surface area contributed by atoms with Crippen molar-refractivity contribution in [3.8, 4) is 0 Å². The van der Waals surface area contributed by atoms with Crippen LogP contribution in [0.25, 0.3) is 0 Å². The summed E-state index contributed by atoms with van der Waals surface area (Å²) in [6.45, 7) is 0.124. The maximum absolute atomic E-state index is 10.9. The molecule has 5 nitrogen and oxygen atoms in total. The summed E-state index contributed by atoms with van der Waals surface area (Å²) in [6.07, 6.45) is -0.518. The lowest BCUT2D eigenvalue weighted by Crippen LogP contribution is -2.36. The van der Waals surface area contributed by atoms with E-state index in [1.54, 1.807) is 0 Å². The van der Waals surface area contributed by atoms with Crippen LogP contribution in [0.1, 0.15) is 12.8 Å². The quantitative estimate of drug-likeness (QED) is 0.541. The zero-order valence-electron chi connectivity index (χ0n) is 7.27. The van der Waals surface area contributed by atoms with E-state index in [4.69, 9.17) is 20.1 Å². The topological polar surface area (TPSA) is 87.0 Å². The van der Waals surface area contributed by atoms with Gasteiger partial charge in [0.05, 0.1) is 24.7 Å². The second kappa shape index (κ2) is 4.04. The third-order valence-electron chi connectivity index (χ3n) is 2.39. The predicted molar refractivity (Wildman–Crippen MR) is 43.2 cm³/mol. The normalized spacial score (nSPS) is 30.3. The number of carboxylic acids is 1. The molecule has 0 saturated carbocycles. The van der Waals surface area contributed by atoms with Gasteiger partial charge in [0.25, 0.3) is 0 Å². The number of aliphatic carboxylic acids is 1. The van der Waals surface area contributed by atoms with Crippen molar-refractivity contribution in [3.05, 3.63) is 0 Å². The summed E-state index contributed by atoms with van der Waals surface area (Å²) in [5.41, 5.74) is -0.998. The molecule has 0 aromatic carbocycles. The van der Waals surface area contributed by atoms with Crippen LogP contribution in [0.4, 0.5) is 0 Å². The molecule has 1 rings (SSSR count). The van der Waals surface area contributed by atoms with E-state index in [2.05, 4.69) is 0 Å². The van der Waals surface area contributed by atoms with Crippen LogP contribution >= 0.6 is 0 Å². The van der Waals surface area contributed by atoms with E-state index >= 15 is 0 Å². The van der Waals surface area contributed by atoms with Crippen molar-refractivity contribution in [2.75, 3.05) is 19.8 Å². The summed E-state index contributed by atoms with van der Waals surface area (Å²) < 4.78 is 4.99. The van der Waals surface area contributed by atoms with Gasteiger partial charge in [0.15, 0.2) is 0 Å². The molecule has 1 aliphatic heterocycles. The van der Waals surface area contributed by atoms with Gasteiger partial charge in [-0.15, -0.1) is 0 Å². The van der Waals surface area contributed by atoms with Gasteiger partial charge in [0, 0.05) is 6.61 Å². The lowest BCUT2D eigenvalue weighted by atomic mass is 9.82. The van der Waals surface area contributed by atoms with Crippen LogP contribution in [0.3, 0.4) is 0 Å². The van der Waals surface area contributed by atoms with Gasteiger partial charge in [-0.25, -0.2) is 0 Å². The molecule has 3 N–H and O–H groups in total. The van der Waals surface area contributed by atoms with Crippen molar-refractivity contribution in [2.45, 2.75) is 18.9 Å². The molecule has 0 aliphatic carbocycles. The van der Waals surface area contributed by atoms with Crippen LogP contribution < -0.4 is 0 Å². The third kappa shape index (κ3) is 2.18. The molecule has 5 heteroatoms. The number of carbonyl (C=O) groups is 1. The molecule has 1 aliphatic rings. The van der Waals surface area contributed by atoms with Crippen molar-refractivity contribution in [1.82, 2.24) is 0 Å². The van der Waals surface area contributed by atoms with E-state index in [0.29, 0.717) is 13.0 Å². The fraction of sp³-hybridized carbons (Fsp3) is 0.875. The highest BCUT2D eigenvalue weighted by Gasteiger charge is 2.43. The molecule has 0 aromatic rings. The van der Waals surface area contributed by atoms with Crippen LogP contribution in [0, 0.1) is 5.41 Å². The smallest absolute Gasteiger partial charge is 0.312 e. The summed E-state index contributed by atoms with van der Waals surface area (Å²) >= 11 is 0. The van der Waals surface area contributed by atoms with E-state index < -0.39 is 24.1 Å². The van der Waals surface area contributed by atoms with Crippen LogP contribution in [-0.2, 0) is 9.53 Å². The Morgan fingerprint density at radius 2 is 2.31 bits per heavy atom. The van der Waals surface area contributed by atoms with Gasteiger partial charge in [0.2, 0.25) is 0 Å². The van der Waals surface area contributed by atoms with Gasteiger partial charge < -0.3 is 20.1 Å². The van der Waals surface area contributed by atoms with Crippen molar-refractivity contribution in [1.29, 1.82) is 0 Å². The highest BCUT2D eigenvalue weighted by atomic mass is 16.5. The zero-order chi connectivity index (χ0) is 9.90. The molecule has 76 valence electrons. The number of ether oxygens (including phenoxy) is 1. The molecule has 0 spiro atoms. The second-order valence-corrected chi connectivity index (χ2v) is 3.43. The highest BCUT2D eigenvalue weighted by molar-refractivity contribution is 5.75. The molecule has 1 heterocycles. The van der Waals surface area contributed by atoms with E-state index in [1.807, 2.05) is 0 Å². The Balaban J connectivity index is 2.62. The molecule has 0 bridgehead atoms. The zero-order valence-corrected chi connectivity index (χ0v) is 7.27. The second-order valence-electron chi connectivity index (χ2n) is 3.43. The number of hydrogen-bond donors (Lipinski definition) is 3. The Morgan fingerprint density at radius 3 is 2.69 bits per heavy atom. The van der Waals surface area contributed by atoms with Gasteiger partial charge in [-0.1, -0.05) is 0 Å².